The molecule has 0 aromatic heterocycles. The van der Waals surface area contributed by atoms with Crippen LogP contribution in [0.2, 0.25) is 0 Å². The van der Waals surface area contributed by atoms with E-state index in [-0.39, 0.29) is 17.8 Å². The number of allylic oxidation sites excluding steroid dienone is 2. The molecule has 3 heteroatoms. The zero-order valence-corrected chi connectivity index (χ0v) is 10.2. The summed E-state index contributed by atoms with van der Waals surface area (Å²) >= 11 is 0. The molecule has 0 spiro atoms. The average Bonchev–Trinajstić information content (AvgIpc) is 2.35. The van der Waals surface area contributed by atoms with Crippen LogP contribution in [0, 0.1) is 11.6 Å². The third-order valence-electron chi connectivity index (χ3n) is 3.20. The lowest BCUT2D eigenvalue weighted by Gasteiger charge is -2.11. The van der Waals surface area contributed by atoms with E-state index in [1.807, 2.05) is 0 Å². The van der Waals surface area contributed by atoms with Crippen LogP contribution in [0.15, 0.2) is 29.8 Å². The maximum atomic E-state index is 13.4. The fraction of sp³-hybridized carbons (Fsp3) is 0.400. The molecule has 0 N–H and O–H groups in total. The zero-order chi connectivity index (χ0) is 13.0. The van der Waals surface area contributed by atoms with E-state index in [4.69, 9.17) is 0 Å². The average molecular weight is 250 g/mol. The highest BCUT2D eigenvalue weighted by Crippen LogP contribution is 2.21. The van der Waals surface area contributed by atoms with Gasteiger partial charge in [0, 0.05) is 12.8 Å². The predicted molar refractivity (Wildman–Crippen MR) is 66.2 cm³/mol. The monoisotopic (exact) mass is 250 g/mol. The number of Topliss-reactive ketones (excluding diaryl/α,β-unsaturated/α-hetero) is 1. The van der Waals surface area contributed by atoms with Gasteiger partial charge in [0.15, 0.2) is 0 Å². The SMILES string of the molecule is O=C(CC1=CCCCC1)Cc1cc(F)ccc1F. The Balaban J connectivity index is 1.98. The Morgan fingerprint density at radius 2 is 2.00 bits per heavy atom. The molecule has 18 heavy (non-hydrogen) atoms. The minimum absolute atomic E-state index is 0.0269. The molecule has 0 saturated carbocycles. The lowest BCUT2D eigenvalue weighted by molar-refractivity contribution is -0.117. The van der Waals surface area contributed by atoms with Crippen molar-refractivity contribution in [1.82, 2.24) is 0 Å². The van der Waals surface area contributed by atoms with E-state index in [1.165, 1.54) is 6.42 Å². The molecule has 1 aliphatic rings. The van der Waals surface area contributed by atoms with Crippen LogP contribution in [0.3, 0.4) is 0 Å². The molecule has 0 atom stereocenters. The Hall–Kier alpha value is -1.51. The van der Waals surface area contributed by atoms with Crippen molar-refractivity contribution in [2.24, 2.45) is 0 Å². The minimum Gasteiger partial charge on any atom is -0.299 e. The second-order valence-corrected chi connectivity index (χ2v) is 4.74. The van der Waals surface area contributed by atoms with Gasteiger partial charge in [0.25, 0.3) is 0 Å². The fourth-order valence-electron chi connectivity index (χ4n) is 2.27. The third-order valence-corrected chi connectivity index (χ3v) is 3.20. The molecule has 0 bridgehead atoms. The van der Waals surface area contributed by atoms with E-state index in [0.29, 0.717) is 6.42 Å². The smallest absolute Gasteiger partial charge is 0.141 e. The Kier molecular flexibility index (Phi) is 4.24. The number of rotatable bonds is 4. The van der Waals surface area contributed by atoms with Crippen molar-refractivity contribution < 1.29 is 13.6 Å². The summed E-state index contributed by atoms with van der Waals surface area (Å²) in [6.45, 7) is 0. The van der Waals surface area contributed by atoms with Crippen LogP contribution in [0.1, 0.15) is 37.7 Å². The number of halogens is 2. The first-order chi connectivity index (χ1) is 8.65. The highest BCUT2D eigenvalue weighted by Gasteiger charge is 2.12. The zero-order valence-electron chi connectivity index (χ0n) is 10.2. The number of ketones is 1. The van der Waals surface area contributed by atoms with E-state index in [9.17, 15) is 13.6 Å². The van der Waals surface area contributed by atoms with Crippen molar-refractivity contribution in [2.45, 2.75) is 38.5 Å². The summed E-state index contributed by atoms with van der Waals surface area (Å²) in [6.07, 6.45) is 6.72. The van der Waals surface area contributed by atoms with Gasteiger partial charge in [0.2, 0.25) is 0 Å². The van der Waals surface area contributed by atoms with Gasteiger partial charge in [-0.15, -0.1) is 0 Å². The largest absolute Gasteiger partial charge is 0.299 e. The van der Waals surface area contributed by atoms with Gasteiger partial charge in [-0.1, -0.05) is 11.6 Å². The summed E-state index contributed by atoms with van der Waals surface area (Å²) in [5.74, 6) is -1.06. The predicted octanol–water partition coefficient (Wildman–Crippen LogP) is 3.97. The van der Waals surface area contributed by atoms with Crippen LogP contribution in [0.25, 0.3) is 0 Å². The number of hydrogen-bond donors (Lipinski definition) is 0. The van der Waals surface area contributed by atoms with E-state index in [1.54, 1.807) is 0 Å². The second-order valence-electron chi connectivity index (χ2n) is 4.74. The molecule has 0 saturated heterocycles. The molecule has 0 heterocycles. The number of hydrogen-bond acceptors (Lipinski definition) is 1. The van der Waals surface area contributed by atoms with Crippen molar-refractivity contribution in [3.63, 3.8) is 0 Å². The van der Waals surface area contributed by atoms with Crippen LogP contribution in [0.5, 0.6) is 0 Å². The molecular formula is C15H16F2O. The highest BCUT2D eigenvalue weighted by atomic mass is 19.1. The van der Waals surface area contributed by atoms with E-state index < -0.39 is 11.6 Å². The Morgan fingerprint density at radius 3 is 2.72 bits per heavy atom. The second kappa shape index (κ2) is 5.89. The van der Waals surface area contributed by atoms with Gasteiger partial charge in [0.05, 0.1) is 0 Å². The molecule has 1 aromatic carbocycles. The Morgan fingerprint density at radius 1 is 1.17 bits per heavy atom. The van der Waals surface area contributed by atoms with E-state index in [2.05, 4.69) is 6.08 Å². The van der Waals surface area contributed by atoms with Crippen molar-refractivity contribution in [1.29, 1.82) is 0 Å². The van der Waals surface area contributed by atoms with Crippen LogP contribution in [-0.4, -0.2) is 5.78 Å². The molecule has 1 nitrogen and oxygen atoms in total. The molecule has 0 amide bonds. The van der Waals surface area contributed by atoms with Gasteiger partial charge in [-0.25, -0.2) is 8.78 Å². The summed E-state index contributed by atoms with van der Waals surface area (Å²) in [7, 11) is 0. The molecule has 0 aliphatic heterocycles. The lowest BCUT2D eigenvalue weighted by Crippen LogP contribution is -2.07. The first-order valence-electron chi connectivity index (χ1n) is 6.28. The Labute approximate surface area is 106 Å². The van der Waals surface area contributed by atoms with Gasteiger partial charge < -0.3 is 0 Å². The number of carbonyl (C=O) groups excluding carboxylic acids is 1. The number of benzene rings is 1. The number of carbonyl (C=O) groups is 1. The molecule has 96 valence electrons. The summed E-state index contributed by atoms with van der Waals surface area (Å²) in [5, 5.41) is 0. The standard InChI is InChI=1S/C15H16F2O/c16-13-6-7-15(17)12(9-13)10-14(18)8-11-4-2-1-3-5-11/h4,6-7,9H,1-3,5,8,10H2. The van der Waals surface area contributed by atoms with Gasteiger partial charge >= 0.3 is 0 Å². The molecule has 0 fully saturated rings. The molecule has 1 aliphatic carbocycles. The fourth-order valence-corrected chi connectivity index (χ4v) is 2.27. The van der Waals surface area contributed by atoms with Crippen LogP contribution >= 0.6 is 0 Å². The lowest BCUT2D eigenvalue weighted by atomic mass is 9.94. The van der Waals surface area contributed by atoms with Crippen molar-refractivity contribution in [3.05, 3.63) is 47.0 Å². The Bertz CT molecular complexity index is 477. The van der Waals surface area contributed by atoms with E-state index in [0.717, 1.165) is 43.0 Å². The van der Waals surface area contributed by atoms with Crippen molar-refractivity contribution >= 4 is 5.78 Å². The third kappa shape index (κ3) is 3.49. The maximum absolute atomic E-state index is 13.4. The van der Waals surface area contributed by atoms with E-state index >= 15 is 0 Å². The highest BCUT2D eigenvalue weighted by molar-refractivity contribution is 5.83. The van der Waals surface area contributed by atoms with Gasteiger partial charge in [-0.2, -0.15) is 0 Å². The molecule has 1 aromatic rings. The first kappa shape index (κ1) is 12.9. The van der Waals surface area contributed by atoms with Crippen molar-refractivity contribution in [2.75, 3.05) is 0 Å². The quantitative estimate of drug-likeness (QED) is 0.739. The van der Waals surface area contributed by atoms with Crippen LogP contribution < -0.4 is 0 Å². The van der Waals surface area contributed by atoms with Crippen LogP contribution in [0.4, 0.5) is 8.78 Å². The molecule has 0 unspecified atom stereocenters. The van der Waals surface area contributed by atoms with Gasteiger partial charge in [-0.05, 0) is 49.4 Å². The topological polar surface area (TPSA) is 17.1 Å². The normalized spacial score (nSPS) is 15.3. The van der Waals surface area contributed by atoms with Crippen molar-refractivity contribution in [3.8, 4) is 0 Å². The summed E-state index contributed by atoms with van der Waals surface area (Å²) in [6, 6.07) is 3.23. The first-order valence-corrected chi connectivity index (χ1v) is 6.28. The van der Waals surface area contributed by atoms with Gasteiger partial charge in [-0.3, -0.25) is 4.79 Å². The molecule has 0 radical (unpaired) electrons. The molecule has 2 rings (SSSR count). The van der Waals surface area contributed by atoms with Crippen LogP contribution in [-0.2, 0) is 11.2 Å². The van der Waals surface area contributed by atoms with Gasteiger partial charge in [0.1, 0.15) is 17.4 Å². The minimum atomic E-state index is -0.512. The summed E-state index contributed by atoms with van der Waals surface area (Å²) in [5.41, 5.74) is 1.29. The summed E-state index contributed by atoms with van der Waals surface area (Å²) < 4.78 is 26.3. The molecular weight excluding hydrogens is 234 g/mol. The maximum Gasteiger partial charge on any atom is 0.141 e. The summed E-state index contributed by atoms with van der Waals surface area (Å²) in [4.78, 5) is 11.8.